The quantitative estimate of drug-likeness (QED) is 0.763. The number of nitrogens with one attached hydrogen (secondary N) is 1. The van der Waals surface area contributed by atoms with E-state index in [9.17, 15) is 39.2 Å². The Morgan fingerprint density at radius 1 is 1.04 bits per heavy atom. The van der Waals surface area contributed by atoms with Gasteiger partial charge in [-0.3, -0.25) is 4.98 Å². The van der Waals surface area contributed by atoms with E-state index >= 15 is 0 Å². The van der Waals surface area contributed by atoms with Crippen LogP contribution < -0.4 is 4.72 Å². The van der Waals surface area contributed by atoms with Crippen LogP contribution in [-0.4, -0.2) is 19.6 Å². The third-order valence-corrected chi connectivity index (χ3v) is 4.87. The fourth-order valence-electron chi connectivity index (χ4n) is 2.27. The SMILES string of the molecule is Cc1cc(C(NS(=O)(=O)c2cncc(F)c2)C(F)(F)F)ccc1C(F)(F)F. The molecule has 0 saturated carbocycles. The van der Waals surface area contributed by atoms with E-state index in [1.54, 1.807) is 0 Å². The summed E-state index contributed by atoms with van der Waals surface area (Å²) in [5, 5.41) is 0. The molecule has 2 rings (SSSR count). The van der Waals surface area contributed by atoms with Crippen molar-refractivity contribution in [1.82, 2.24) is 9.71 Å². The van der Waals surface area contributed by atoms with Crippen LogP contribution in [0.4, 0.5) is 30.7 Å². The first-order valence-corrected chi connectivity index (χ1v) is 8.57. The molecule has 1 N–H and O–H groups in total. The molecule has 0 radical (unpaired) electrons. The highest BCUT2D eigenvalue weighted by Gasteiger charge is 2.44. The van der Waals surface area contributed by atoms with Gasteiger partial charge in [-0.2, -0.15) is 31.1 Å². The molecule has 0 spiro atoms. The van der Waals surface area contributed by atoms with Crippen molar-refractivity contribution in [2.75, 3.05) is 0 Å². The monoisotopic (exact) mass is 416 g/mol. The smallest absolute Gasteiger partial charge is 0.260 e. The number of hydrogen-bond acceptors (Lipinski definition) is 3. The van der Waals surface area contributed by atoms with E-state index in [0.29, 0.717) is 36.7 Å². The lowest BCUT2D eigenvalue weighted by Crippen LogP contribution is -2.38. The number of sulfonamides is 1. The Bertz CT molecular complexity index is 940. The maximum absolute atomic E-state index is 13.4. The second-order valence-electron chi connectivity index (χ2n) is 5.51. The first-order chi connectivity index (χ1) is 12.2. The van der Waals surface area contributed by atoms with Gasteiger partial charge < -0.3 is 0 Å². The van der Waals surface area contributed by atoms with Gasteiger partial charge in [-0.25, -0.2) is 12.8 Å². The molecule has 0 aliphatic carbocycles. The highest BCUT2D eigenvalue weighted by molar-refractivity contribution is 7.89. The second kappa shape index (κ2) is 7.08. The minimum absolute atomic E-state index is 0.432. The maximum atomic E-state index is 13.4. The van der Waals surface area contributed by atoms with Gasteiger partial charge in [-0.15, -0.1) is 0 Å². The third-order valence-electron chi connectivity index (χ3n) is 3.48. The summed E-state index contributed by atoms with van der Waals surface area (Å²) in [6.07, 6.45) is -8.65. The summed E-state index contributed by atoms with van der Waals surface area (Å²) in [6.45, 7) is 0.949. The number of pyridine rings is 1. The van der Waals surface area contributed by atoms with Crippen LogP contribution in [0.25, 0.3) is 0 Å². The van der Waals surface area contributed by atoms with Gasteiger partial charge in [-0.1, -0.05) is 12.1 Å². The van der Waals surface area contributed by atoms with Crippen LogP contribution in [0.5, 0.6) is 0 Å². The van der Waals surface area contributed by atoms with Crippen molar-refractivity contribution in [2.24, 2.45) is 0 Å². The lowest BCUT2D eigenvalue weighted by molar-refractivity contribution is -0.153. The van der Waals surface area contributed by atoms with Gasteiger partial charge >= 0.3 is 12.4 Å². The number of nitrogens with zero attached hydrogens (tertiary/aromatic N) is 1. The van der Waals surface area contributed by atoms with Crippen LogP contribution in [0.1, 0.15) is 22.7 Å². The molecule has 27 heavy (non-hydrogen) atoms. The molecule has 1 aromatic heterocycles. The number of aromatic nitrogens is 1. The van der Waals surface area contributed by atoms with Gasteiger partial charge in [0.1, 0.15) is 16.8 Å². The summed E-state index contributed by atoms with van der Waals surface area (Å²) in [4.78, 5) is 2.38. The zero-order valence-electron chi connectivity index (χ0n) is 13.4. The third kappa shape index (κ3) is 4.95. The Labute approximate surface area is 149 Å². The molecular formula is C15H11F7N2O2S. The van der Waals surface area contributed by atoms with Gasteiger partial charge in [-0.05, 0) is 30.2 Å². The van der Waals surface area contributed by atoms with Crippen LogP contribution in [0.3, 0.4) is 0 Å². The molecule has 12 heteroatoms. The second-order valence-corrected chi connectivity index (χ2v) is 7.22. The summed E-state index contributed by atoms with van der Waals surface area (Å²) in [5.41, 5.74) is -2.41. The van der Waals surface area contributed by atoms with Crippen LogP contribution >= 0.6 is 0 Å². The summed E-state index contributed by atoms with van der Waals surface area (Å²) in [6, 6.07) is -0.831. The van der Waals surface area contributed by atoms with Crippen LogP contribution in [0, 0.1) is 12.7 Å². The van der Waals surface area contributed by atoms with Crippen molar-refractivity contribution in [3.8, 4) is 0 Å². The van der Waals surface area contributed by atoms with Crippen molar-refractivity contribution < 1.29 is 39.2 Å². The zero-order valence-corrected chi connectivity index (χ0v) is 14.2. The minimum atomic E-state index is -5.17. The van der Waals surface area contributed by atoms with Crippen LogP contribution in [-0.2, 0) is 16.2 Å². The number of benzene rings is 1. The highest BCUT2D eigenvalue weighted by atomic mass is 32.2. The molecule has 1 unspecified atom stereocenters. The van der Waals surface area contributed by atoms with Gasteiger partial charge in [0.25, 0.3) is 0 Å². The van der Waals surface area contributed by atoms with Crippen molar-refractivity contribution >= 4 is 10.0 Å². The molecule has 0 fully saturated rings. The maximum Gasteiger partial charge on any atom is 0.416 e. The van der Waals surface area contributed by atoms with E-state index in [4.69, 9.17) is 0 Å². The molecule has 1 atom stereocenters. The van der Waals surface area contributed by atoms with Gasteiger partial charge in [0, 0.05) is 6.20 Å². The fourth-order valence-corrected chi connectivity index (χ4v) is 3.45. The lowest BCUT2D eigenvalue weighted by atomic mass is 10.0. The normalized spacial score (nSPS) is 14.2. The first-order valence-electron chi connectivity index (χ1n) is 7.09. The Balaban J connectivity index is 2.47. The zero-order chi connectivity index (χ0) is 20.6. The molecule has 0 bridgehead atoms. The molecule has 0 aliphatic rings. The predicted molar refractivity (Wildman–Crippen MR) is 79.5 cm³/mol. The van der Waals surface area contributed by atoms with Gasteiger partial charge in [0.15, 0.2) is 0 Å². The van der Waals surface area contributed by atoms with E-state index < -0.39 is 55.8 Å². The molecule has 1 aromatic carbocycles. The summed E-state index contributed by atoms with van der Waals surface area (Å²) in [5.74, 6) is -1.09. The van der Waals surface area contributed by atoms with E-state index in [-0.39, 0.29) is 0 Å². The topological polar surface area (TPSA) is 59.1 Å². The van der Waals surface area contributed by atoms with E-state index in [1.807, 2.05) is 0 Å². The standard InChI is InChI=1S/C15H11F7N2O2S/c1-8-4-9(2-3-12(8)14(17,18)19)13(15(20,21)22)24-27(25,26)11-5-10(16)6-23-7-11/h2-7,13,24H,1H3. The molecule has 148 valence electrons. The summed E-state index contributed by atoms with van der Waals surface area (Å²) in [7, 11) is -4.86. The number of hydrogen-bond donors (Lipinski definition) is 1. The van der Waals surface area contributed by atoms with Crippen molar-refractivity contribution in [3.05, 3.63) is 59.2 Å². The summed E-state index contributed by atoms with van der Waals surface area (Å²) < 4.78 is 117. The predicted octanol–water partition coefficient (Wildman–Crippen LogP) is 4.13. The molecule has 0 amide bonds. The lowest BCUT2D eigenvalue weighted by Gasteiger charge is -2.23. The first kappa shape index (κ1) is 21.1. The van der Waals surface area contributed by atoms with E-state index in [2.05, 4.69) is 4.98 Å². The molecule has 1 heterocycles. The number of alkyl halides is 6. The fraction of sp³-hybridized carbons (Fsp3) is 0.267. The Hall–Kier alpha value is -2.21. The number of halogens is 7. The van der Waals surface area contributed by atoms with Crippen molar-refractivity contribution in [1.29, 1.82) is 0 Å². The van der Waals surface area contributed by atoms with Crippen molar-refractivity contribution in [3.63, 3.8) is 0 Å². The van der Waals surface area contributed by atoms with Gasteiger partial charge in [0.05, 0.1) is 11.8 Å². The average Bonchev–Trinajstić information content (AvgIpc) is 2.50. The Morgan fingerprint density at radius 2 is 1.67 bits per heavy atom. The molecule has 2 aromatic rings. The largest absolute Gasteiger partial charge is 0.416 e. The Kier molecular flexibility index (Phi) is 5.53. The average molecular weight is 416 g/mol. The van der Waals surface area contributed by atoms with Crippen LogP contribution in [0.2, 0.25) is 0 Å². The molecule has 0 aliphatic heterocycles. The number of aryl methyl sites for hydroxylation is 1. The van der Waals surface area contributed by atoms with Crippen molar-refractivity contribution in [2.45, 2.75) is 30.2 Å². The molecular weight excluding hydrogens is 405 g/mol. The molecule has 0 saturated heterocycles. The minimum Gasteiger partial charge on any atom is -0.260 e. The van der Waals surface area contributed by atoms with E-state index in [0.717, 1.165) is 6.92 Å². The van der Waals surface area contributed by atoms with E-state index in [1.165, 1.54) is 4.72 Å². The van der Waals surface area contributed by atoms with Crippen LogP contribution in [0.15, 0.2) is 41.6 Å². The highest BCUT2D eigenvalue weighted by Crippen LogP contribution is 2.37. The summed E-state index contributed by atoms with van der Waals surface area (Å²) >= 11 is 0. The molecule has 4 nitrogen and oxygen atoms in total. The van der Waals surface area contributed by atoms with Gasteiger partial charge in [0.2, 0.25) is 10.0 Å². The number of rotatable bonds is 4. The Morgan fingerprint density at radius 3 is 2.15 bits per heavy atom.